The van der Waals surface area contributed by atoms with Crippen molar-refractivity contribution in [3.8, 4) is 62.5 Å². The Morgan fingerprint density at radius 1 is 0.380 bits per heavy atom. The van der Waals surface area contributed by atoms with Crippen LogP contribution in [0.1, 0.15) is 5.56 Å². The molecule has 50 heavy (non-hydrogen) atoms. The first-order valence-corrected chi connectivity index (χ1v) is 16.5. The number of benzene rings is 7. The fraction of sp³-hybridized carbons (Fsp3) is 0. The molecule has 5 nitrogen and oxygen atoms in total. The van der Waals surface area contributed by atoms with Gasteiger partial charge in [0.05, 0.1) is 45.4 Å². The van der Waals surface area contributed by atoms with Crippen molar-refractivity contribution in [1.29, 1.82) is 5.26 Å². The lowest BCUT2D eigenvalue weighted by atomic mass is 9.92. The molecule has 9 rings (SSSR count). The first-order valence-electron chi connectivity index (χ1n) is 16.5. The van der Waals surface area contributed by atoms with Crippen LogP contribution in [0.15, 0.2) is 164 Å². The van der Waals surface area contributed by atoms with Gasteiger partial charge in [-0.15, -0.1) is 0 Å². The van der Waals surface area contributed by atoms with E-state index in [2.05, 4.69) is 72.8 Å². The van der Waals surface area contributed by atoms with Crippen LogP contribution in [0.3, 0.4) is 0 Å². The average molecular weight is 638 g/mol. The van der Waals surface area contributed by atoms with Crippen LogP contribution in [0.4, 0.5) is 0 Å². The van der Waals surface area contributed by atoms with Gasteiger partial charge in [-0.1, -0.05) is 140 Å². The summed E-state index contributed by atoms with van der Waals surface area (Å²) in [7, 11) is 0. The molecular formula is C45H27N5. The van der Waals surface area contributed by atoms with Crippen molar-refractivity contribution in [2.24, 2.45) is 0 Å². The lowest BCUT2D eigenvalue weighted by Crippen LogP contribution is -1.99. The minimum Gasteiger partial charge on any atom is -0.244 e. The van der Waals surface area contributed by atoms with Gasteiger partial charge in [-0.05, 0) is 40.4 Å². The van der Waals surface area contributed by atoms with Crippen molar-refractivity contribution in [2.75, 3.05) is 0 Å². The molecule has 0 saturated heterocycles. The van der Waals surface area contributed by atoms with Gasteiger partial charge in [-0.25, -0.2) is 19.9 Å². The molecule has 0 atom stereocenters. The van der Waals surface area contributed by atoms with E-state index in [0.717, 1.165) is 83.2 Å². The van der Waals surface area contributed by atoms with E-state index in [-0.39, 0.29) is 0 Å². The van der Waals surface area contributed by atoms with Gasteiger partial charge in [0.15, 0.2) is 5.82 Å². The molecule has 9 aromatic rings. The van der Waals surface area contributed by atoms with Gasteiger partial charge in [0.25, 0.3) is 0 Å². The van der Waals surface area contributed by atoms with E-state index in [1.54, 1.807) is 0 Å². The summed E-state index contributed by atoms with van der Waals surface area (Å²) < 4.78 is 0. The number of nitrogens with zero attached hydrogens (tertiary/aromatic N) is 5. The number of fused-ring (bicyclic) bond motifs is 3. The molecule has 0 unspecified atom stereocenters. The second-order valence-electron chi connectivity index (χ2n) is 12.1. The third-order valence-electron chi connectivity index (χ3n) is 9.15. The standard InChI is InChI=1S/C45H27N5/c46-28-31-17-11-21-33-32(31)20-12-22-37(33)43-44(48-40-24-10-9-23-39(40)47-43)38-26-25-36(34-18-7-8-19-35(34)38)42-27-41(29-13-3-1-4-14-29)49-45(50-42)30-15-5-2-6-16-30/h1-27H. The molecule has 0 spiro atoms. The highest BCUT2D eigenvalue weighted by atomic mass is 14.9. The number of nitriles is 1. The van der Waals surface area contributed by atoms with Gasteiger partial charge in [0, 0.05) is 33.2 Å². The van der Waals surface area contributed by atoms with Gasteiger partial charge in [-0.2, -0.15) is 5.26 Å². The molecule has 0 amide bonds. The Hall–Kier alpha value is -7.03. The fourth-order valence-electron chi connectivity index (χ4n) is 6.78. The highest BCUT2D eigenvalue weighted by Crippen LogP contribution is 2.41. The maximum absolute atomic E-state index is 9.89. The van der Waals surface area contributed by atoms with Crippen molar-refractivity contribution in [2.45, 2.75) is 0 Å². The normalized spacial score (nSPS) is 11.2. The molecule has 2 heterocycles. The predicted octanol–water partition coefficient (Wildman–Crippen LogP) is 10.9. The Kier molecular flexibility index (Phi) is 7.11. The molecule has 232 valence electrons. The average Bonchev–Trinajstić information content (AvgIpc) is 3.20. The Bertz CT molecular complexity index is 2710. The van der Waals surface area contributed by atoms with Crippen LogP contribution < -0.4 is 0 Å². The van der Waals surface area contributed by atoms with E-state index in [1.165, 1.54) is 0 Å². The topological polar surface area (TPSA) is 75.3 Å². The third-order valence-corrected chi connectivity index (χ3v) is 9.15. The Morgan fingerprint density at radius 3 is 1.58 bits per heavy atom. The molecule has 0 aliphatic carbocycles. The quantitative estimate of drug-likeness (QED) is 0.188. The molecule has 0 saturated carbocycles. The van der Waals surface area contributed by atoms with Gasteiger partial charge in [-0.3, -0.25) is 0 Å². The Balaban J connectivity index is 1.30. The molecular weight excluding hydrogens is 611 g/mol. The zero-order valence-electron chi connectivity index (χ0n) is 26.8. The van der Waals surface area contributed by atoms with E-state index < -0.39 is 0 Å². The Labute approximate surface area is 288 Å². The van der Waals surface area contributed by atoms with Crippen LogP contribution in [0.5, 0.6) is 0 Å². The summed E-state index contributed by atoms with van der Waals surface area (Å²) in [5.74, 6) is 0.672. The van der Waals surface area contributed by atoms with Crippen molar-refractivity contribution >= 4 is 32.6 Å². The lowest BCUT2D eigenvalue weighted by molar-refractivity contribution is 1.18. The maximum atomic E-state index is 9.89. The van der Waals surface area contributed by atoms with Crippen molar-refractivity contribution in [1.82, 2.24) is 19.9 Å². The minimum absolute atomic E-state index is 0.629. The number of rotatable bonds is 5. The van der Waals surface area contributed by atoms with Gasteiger partial charge in [0.1, 0.15) is 0 Å². The molecule has 5 heteroatoms. The molecule has 2 aromatic heterocycles. The van der Waals surface area contributed by atoms with Crippen LogP contribution in [-0.2, 0) is 0 Å². The molecule has 0 radical (unpaired) electrons. The second-order valence-corrected chi connectivity index (χ2v) is 12.1. The summed E-state index contributed by atoms with van der Waals surface area (Å²) in [6.45, 7) is 0. The number of hydrogen-bond acceptors (Lipinski definition) is 5. The first-order chi connectivity index (χ1) is 24.7. The molecule has 0 aliphatic heterocycles. The van der Waals surface area contributed by atoms with Gasteiger partial charge < -0.3 is 0 Å². The van der Waals surface area contributed by atoms with E-state index >= 15 is 0 Å². The fourth-order valence-corrected chi connectivity index (χ4v) is 6.78. The summed E-state index contributed by atoms with van der Waals surface area (Å²) in [6, 6.07) is 57.3. The van der Waals surface area contributed by atoms with Crippen LogP contribution in [-0.4, -0.2) is 19.9 Å². The van der Waals surface area contributed by atoms with Crippen LogP contribution in [0, 0.1) is 11.3 Å². The van der Waals surface area contributed by atoms with E-state index in [0.29, 0.717) is 11.4 Å². The predicted molar refractivity (Wildman–Crippen MR) is 202 cm³/mol. The maximum Gasteiger partial charge on any atom is 0.160 e. The van der Waals surface area contributed by atoms with Gasteiger partial charge >= 0.3 is 0 Å². The number of aromatic nitrogens is 4. The lowest BCUT2D eigenvalue weighted by Gasteiger charge is -2.16. The highest BCUT2D eigenvalue weighted by molar-refractivity contribution is 6.08. The van der Waals surface area contributed by atoms with Gasteiger partial charge in [0.2, 0.25) is 0 Å². The van der Waals surface area contributed by atoms with Crippen molar-refractivity contribution < 1.29 is 0 Å². The zero-order chi connectivity index (χ0) is 33.4. The zero-order valence-corrected chi connectivity index (χ0v) is 26.8. The Morgan fingerprint density at radius 2 is 0.880 bits per heavy atom. The highest BCUT2D eigenvalue weighted by Gasteiger charge is 2.20. The van der Waals surface area contributed by atoms with E-state index in [4.69, 9.17) is 19.9 Å². The largest absolute Gasteiger partial charge is 0.244 e. The third kappa shape index (κ3) is 5.04. The summed E-state index contributed by atoms with van der Waals surface area (Å²) in [5, 5.41) is 13.8. The SMILES string of the molecule is N#Cc1cccc2c(-c3nc4ccccc4nc3-c3ccc(-c4cc(-c5ccccc5)nc(-c5ccccc5)n4)c4ccccc34)cccc12. The molecule has 0 fully saturated rings. The monoisotopic (exact) mass is 637 g/mol. The van der Waals surface area contributed by atoms with E-state index in [1.807, 2.05) is 97.1 Å². The molecule has 0 aliphatic rings. The number of para-hydroxylation sites is 2. The molecule has 0 bridgehead atoms. The van der Waals surface area contributed by atoms with Crippen molar-refractivity contribution in [3.63, 3.8) is 0 Å². The van der Waals surface area contributed by atoms with Crippen LogP contribution >= 0.6 is 0 Å². The number of hydrogen-bond donors (Lipinski definition) is 0. The second kappa shape index (κ2) is 12.2. The van der Waals surface area contributed by atoms with Crippen LogP contribution in [0.25, 0.3) is 89.0 Å². The van der Waals surface area contributed by atoms with Crippen molar-refractivity contribution in [3.05, 3.63) is 169 Å². The summed E-state index contributed by atoms with van der Waals surface area (Å²) >= 11 is 0. The summed E-state index contributed by atoms with van der Waals surface area (Å²) in [6.07, 6.45) is 0. The first kappa shape index (κ1) is 29.1. The summed E-state index contributed by atoms with van der Waals surface area (Å²) in [4.78, 5) is 20.7. The van der Waals surface area contributed by atoms with Crippen LogP contribution in [0.2, 0.25) is 0 Å². The summed E-state index contributed by atoms with van der Waals surface area (Å²) in [5.41, 5.74) is 10.4. The smallest absolute Gasteiger partial charge is 0.160 e. The molecule has 0 N–H and O–H groups in total. The molecule has 7 aromatic carbocycles. The van der Waals surface area contributed by atoms with E-state index in [9.17, 15) is 5.26 Å². The minimum atomic E-state index is 0.629.